The molecule has 0 heterocycles. The van der Waals surface area contributed by atoms with Crippen molar-refractivity contribution in [3.05, 3.63) is 77.2 Å². The van der Waals surface area contributed by atoms with Crippen molar-refractivity contribution in [2.75, 3.05) is 13.7 Å². The Labute approximate surface area is 248 Å². The van der Waals surface area contributed by atoms with E-state index in [0.29, 0.717) is 38.4 Å². The van der Waals surface area contributed by atoms with Gasteiger partial charge in [-0.15, -0.1) is 0 Å². The van der Waals surface area contributed by atoms with Gasteiger partial charge in [0.05, 0.1) is 25.9 Å². The van der Waals surface area contributed by atoms with Crippen LogP contribution in [-0.2, 0) is 32.0 Å². The van der Waals surface area contributed by atoms with Crippen LogP contribution in [0.2, 0.25) is 0 Å². The average molecular weight is 586 g/mol. The highest BCUT2D eigenvalue weighted by Gasteiger charge is 2.32. The van der Waals surface area contributed by atoms with E-state index in [-0.39, 0.29) is 29.6 Å². The number of methoxy groups -OCH3 is 1. The molecule has 0 aliphatic heterocycles. The fraction of sp³-hybridized carbons (Fsp3) is 0.515. The van der Waals surface area contributed by atoms with Gasteiger partial charge in [0, 0.05) is 6.61 Å². The Kier molecular flexibility index (Phi) is 12.4. The fourth-order valence-corrected chi connectivity index (χ4v) is 4.58. The molecular formula is C33H44FNO7. The zero-order chi connectivity index (χ0) is 30.7. The van der Waals surface area contributed by atoms with E-state index in [1.165, 1.54) is 18.2 Å². The highest BCUT2D eigenvalue weighted by molar-refractivity contribution is 5.90. The largest absolute Gasteiger partial charge is 0.497 e. The number of alkyl carbamates (subject to hydrolysis) is 1. The van der Waals surface area contributed by atoms with E-state index < -0.39 is 17.7 Å². The Balaban J connectivity index is 1.77. The van der Waals surface area contributed by atoms with Crippen molar-refractivity contribution in [3.63, 3.8) is 0 Å². The van der Waals surface area contributed by atoms with Crippen molar-refractivity contribution in [2.45, 2.75) is 84.2 Å². The molecule has 2 aromatic rings. The molecule has 2 aromatic carbocycles. The van der Waals surface area contributed by atoms with Crippen molar-refractivity contribution in [1.82, 2.24) is 5.32 Å². The van der Waals surface area contributed by atoms with E-state index in [1.807, 2.05) is 31.2 Å². The molecule has 0 bridgehead atoms. The molecule has 3 rings (SSSR count). The Hall–Kier alpha value is -3.43. The Morgan fingerprint density at radius 3 is 2.26 bits per heavy atom. The molecule has 1 amide bonds. The lowest BCUT2D eigenvalue weighted by atomic mass is 9.87. The number of carbonyl (C=O) groups is 2. The first-order valence-electron chi connectivity index (χ1n) is 14.5. The summed E-state index contributed by atoms with van der Waals surface area (Å²) < 4.78 is 36.9. The maximum absolute atomic E-state index is 13.7. The number of halogens is 1. The molecule has 1 fully saturated rings. The van der Waals surface area contributed by atoms with Gasteiger partial charge in [-0.1, -0.05) is 30.3 Å². The Morgan fingerprint density at radius 2 is 1.69 bits per heavy atom. The summed E-state index contributed by atoms with van der Waals surface area (Å²) in [5.74, 6) is -0.340. The first-order valence-corrected chi connectivity index (χ1v) is 14.5. The van der Waals surface area contributed by atoms with Crippen LogP contribution < -0.4 is 10.1 Å². The summed E-state index contributed by atoms with van der Waals surface area (Å²) in [5.41, 5.74) is 0.935. The minimum Gasteiger partial charge on any atom is -0.497 e. The highest BCUT2D eigenvalue weighted by Crippen LogP contribution is 2.32. The summed E-state index contributed by atoms with van der Waals surface area (Å²) in [6, 6.07) is 14.1. The number of nitrogens with one attached hydrogen (secondary N) is 1. The number of hydrogen-bond donors (Lipinski definition) is 2. The minimum atomic E-state index is -1.26. The quantitative estimate of drug-likeness (QED) is 0.212. The van der Waals surface area contributed by atoms with E-state index in [4.69, 9.17) is 18.9 Å². The van der Waals surface area contributed by atoms with E-state index in [9.17, 15) is 19.1 Å². The van der Waals surface area contributed by atoms with Gasteiger partial charge < -0.3 is 24.1 Å². The van der Waals surface area contributed by atoms with Gasteiger partial charge in [0.1, 0.15) is 22.9 Å². The number of aliphatic carboxylic acids is 1. The predicted octanol–water partition coefficient (Wildman–Crippen LogP) is 6.67. The average Bonchev–Trinajstić information content (AvgIpc) is 3.76. The molecule has 230 valence electrons. The molecule has 3 atom stereocenters. The molecule has 2 N–H and O–H groups in total. The maximum Gasteiger partial charge on any atom is 0.412 e. The molecule has 3 unspecified atom stereocenters. The number of carboxylic acids is 1. The second-order valence-corrected chi connectivity index (χ2v) is 11.8. The molecule has 1 aliphatic carbocycles. The zero-order valence-electron chi connectivity index (χ0n) is 25.2. The lowest BCUT2D eigenvalue weighted by molar-refractivity contribution is -0.133. The van der Waals surface area contributed by atoms with E-state index in [1.54, 1.807) is 40.0 Å². The van der Waals surface area contributed by atoms with Gasteiger partial charge in [-0.05, 0) is 107 Å². The summed E-state index contributed by atoms with van der Waals surface area (Å²) >= 11 is 0. The van der Waals surface area contributed by atoms with Crippen molar-refractivity contribution in [2.24, 2.45) is 11.8 Å². The van der Waals surface area contributed by atoms with Crippen LogP contribution in [-0.4, -0.2) is 48.7 Å². The second-order valence-electron chi connectivity index (χ2n) is 11.8. The molecule has 1 saturated carbocycles. The Morgan fingerprint density at radius 1 is 1.05 bits per heavy atom. The highest BCUT2D eigenvalue weighted by atomic mass is 19.1. The summed E-state index contributed by atoms with van der Waals surface area (Å²) in [5, 5.41) is 12.0. The van der Waals surface area contributed by atoms with Gasteiger partial charge in [0.15, 0.2) is 0 Å². The smallest absolute Gasteiger partial charge is 0.412 e. The number of benzene rings is 2. The molecule has 0 saturated heterocycles. The third-order valence-corrected chi connectivity index (χ3v) is 6.98. The number of carbonyl (C=O) groups excluding carboxylic acids is 1. The number of carboxylic acid groups (broad SMARTS) is 1. The number of rotatable bonds is 16. The van der Waals surface area contributed by atoms with E-state index >= 15 is 0 Å². The van der Waals surface area contributed by atoms with Gasteiger partial charge >= 0.3 is 12.1 Å². The maximum atomic E-state index is 13.7. The van der Waals surface area contributed by atoms with Crippen LogP contribution in [0.3, 0.4) is 0 Å². The van der Waals surface area contributed by atoms with Crippen LogP contribution in [0.25, 0.3) is 0 Å². The number of amides is 1. The van der Waals surface area contributed by atoms with Crippen LogP contribution in [0, 0.1) is 17.7 Å². The number of allylic oxidation sites excluding steroid dienone is 1. The van der Waals surface area contributed by atoms with Crippen LogP contribution >= 0.6 is 0 Å². The Bertz CT molecular complexity index is 1170. The van der Waals surface area contributed by atoms with Crippen molar-refractivity contribution < 1.29 is 38.0 Å². The van der Waals surface area contributed by atoms with Gasteiger partial charge in [0.25, 0.3) is 0 Å². The lowest BCUT2D eigenvalue weighted by Gasteiger charge is -2.32. The molecule has 9 heteroatoms. The molecule has 0 spiro atoms. The summed E-state index contributed by atoms with van der Waals surface area (Å²) in [6.07, 6.45) is 3.85. The van der Waals surface area contributed by atoms with Crippen LogP contribution in [0.4, 0.5) is 9.18 Å². The first kappa shape index (κ1) is 33.1. The van der Waals surface area contributed by atoms with Gasteiger partial charge in [-0.25, -0.2) is 14.0 Å². The van der Waals surface area contributed by atoms with Crippen molar-refractivity contribution >= 4 is 12.1 Å². The summed E-state index contributed by atoms with van der Waals surface area (Å²) in [4.78, 5) is 24.1. The molecule has 8 nitrogen and oxygen atoms in total. The van der Waals surface area contributed by atoms with Crippen LogP contribution in [0.1, 0.15) is 64.5 Å². The predicted molar refractivity (Wildman–Crippen MR) is 158 cm³/mol. The first-order chi connectivity index (χ1) is 19.9. The second kappa shape index (κ2) is 15.7. The normalized spacial score (nSPS) is 15.9. The summed E-state index contributed by atoms with van der Waals surface area (Å²) in [6.45, 7) is 8.11. The third-order valence-electron chi connectivity index (χ3n) is 6.98. The topological polar surface area (TPSA) is 103 Å². The zero-order valence-corrected chi connectivity index (χ0v) is 25.2. The van der Waals surface area contributed by atoms with Crippen LogP contribution in [0.15, 0.2) is 60.3 Å². The van der Waals surface area contributed by atoms with E-state index in [0.717, 1.165) is 29.7 Å². The van der Waals surface area contributed by atoms with Gasteiger partial charge in [0.2, 0.25) is 0 Å². The number of hydrogen-bond acceptors (Lipinski definition) is 6. The van der Waals surface area contributed by atoms with Crippen molar-refractivity contribution in [3.8, 4) is 5.75 Å². The van der Waals surface area contributed by atoms with Crippen molar-refractivity contribution in [1.29, 1.82) is 0 Å². The standard InChI is InChI=1S/C33H44FNO7/c1-22(40-20-25-13-17-28(39-5)18-14-25)30(41-21-24-9-10-24)26(19-23-11-15-27(34)16-12-23)7-6-8-29(31(36)37)35-32(38)42-33(2,3)4/h8,11-18,22,24,26,30H,6-7,9-10,19-21H2,1-5H3,(H,35,38)(H,36,37). The number of ether oxygens (including phenoxy) is 4. The summed E-state index contributed by atoms with van der Waals surface area (Å²) in [7, 11) is 1.62. The fourth-order valence-electron chi connectivity index (χ4n) is 4.58. The monoisotopic (exact) mass is 585 g/mol. The van der Waals surface area contributed by atoms with Crippen LogP contribution in [0.5, 0.6) is 5.75 Å². The van der Waals surface area contributed by atoms with Gasteiger partial charge in [-0.2, -0.15) is 0 Å². The van der Waals surface area contributed by atoms with Gasteiger partial charge in [-0.3, -0.25) is 5.32 Å². The molecule has 0 radical (unpaired) electrons. The molecule has 1 aliphatic rings. The lowest BCUT2D eigenvalue weighted by Crippen LogP contribution is -2.38. The molecule has 0 aromatic heterocycles. The molecule has 42 heavy (non-hydrogen) atoms. The minimum absolute atomic E-state index is 0.0760. The SMILES string of the molecule is COc1ccc(COC(C)C(OCC2CC2)C(CCC=C(NC(=O)OC(C)(C)C)C(=O)O)Cc2ccc(F)cc2)cc1. The van der Waals surface area contributed by atoms with E-state index in [2.05, 4.69) is 5.32 Å². The molecular weight excluding hydrogens is 541 g/mol. The third kappa shape index (κ3) is 11.8.